The first-order chi connectivity index (χ1) is 7.12. The van der Waals surface area contributed by atoms with E-state index in [1.54, 1.807) is 11.1 Å². The van der Waals surface area contributed by atoms with Crippen LogP contribution in [0.15, 0.2) is 11.1 Å². The van der Waals surface area contributed by atoms with Crippen molar-refractivity contribution in [2.45, 2.75) is 55.4 Å². The van der Waals surface area contributed by atoms with Crippen LogP contribution in [0, 0.1) is 10.8 Å². The standard InChI is InChI=1S/C13H25N.C2H6/c1-12(2,3)10-8-14(7)9-11(10)13(4,5)6;1-2/h8-9H2,1-7H3;1-2H3. The van der Waals surface area contributed by atoms with Gasteiger partial charge in [0.15, 0.2) is 0 Å². The van der Waals surface area contributed by atoms with Crippen LogP contribution < -0.4 is 0 Å². The molecule has 0 fully saturated rings. The molecule has 0 saturated carbocycles. The minimum Gasteiger partial charge on any atom is -0.298 e. The third kappa shape index (κ3) is 3.93. The second kappa shape index (κ2) is 5.35. The SMILES string of the molecule is CC.CN1CC(C(C)(C)C)=C(C(C)(C)C)C1. The fourth-order valence-corrected chi connectivity index (χ4v) is 2.17. The molecule has 0 aromatic heterocycles. The fourth-order valence-electron chi connectivity index (χ4n) is 2.17. The van der Waals surface area contributed by atoms with Crippen molar-refractivity contribution in [3.8, 4) is 0 Å². The molecule has 0 radical (unpaired) electrons. The van der Waals surface area contributed by atoms with Gasteiger partial charge in [-0.05, 0) is 29.0 Å². The lowest BCUT2D eigenvalue weighted by atomic mass is 9.76. The first kappa shape index (κ1) is 15.7. The Labute approximate surface area is 103 Å². The van der Waals surface area contributed by atoms with Gasteiger partial charge >= 0.3 is 0 Å². The summed E-state index contributed by atoms with van der Waals surface area (Å²) in [5.41, 5.74) is 3.95. The van der Waals surface area contributed by atoms with Gasteiger partial charge in [0.25, 0.3) is 0 Å². The summed E-state index contributed by atoms with van der Waals surface area (Å²) >= 11 is 0. The average Bonchev–Trinajstić information content (AvgIpc) is 2.49. The quantitative estimate of drug-likeness (QED) is 0.554. The van der Waals surface area contributed by atoms with E-state index >= 15 is 0 Å². The molecule has 1 rings (SSSR count). The molecule has 1 nitrogen and oxygen atoms in total. The highest BCUT2D eigenvalue weighted by Crippen LogP contribution is 2.40. The zero-order chi connectivity index (χ0) is 13.1. The van der Waals surface area contributed by atoms with Crippen molar-refractivity contribution in [1.82, 2.24) is 4.90 Å². The van der Waals surface area contributed by atoms with Gasteiger partial charge in [-0.25, -0.2) is 0 Å². The second-order valence-corrected chi connectivity index (χ2v) is 6.63. The van der Waals surface area contributed by atoms with Crippen LogP contribution in [0.3, 0.4) is 0 Å². The molecule has 0 saturated heterocycles. The van der Waals surface area contributed by atoms with Crippen molar-refractivity contribution in [1.29, 1.82) is 0 Å². The Balaban J connectivity index is 0.00000106. The van der Waals surface area contributed by atoms with E-state index in [1.807, 2.05) is 13.8 Å². The number of rotatable bonds is 0. The van der Waals surface area contributed by atoms with Crippen LogP contribution in [0.1, 0.15) is 55.4 Å². The average molecular weight is 225 g/mol. The molecule has 0 spiro atoms. The highest BCUT2D eigenvalue weighted by molar-refractivity contribution is 5.31. The van der Waals surface area contributed by atoms with Crippen LogP contribution in [-0.4, -0.2) is 25.0 Å². The van der Waals surface area contributed by atoms with Gasteiger partial charge in [-0.2, -0.15) is 0 Å². The molecule has 0 atom stereocenters. The topological polar surface area (TPSA) is 3.24 Å². The van der Waals surface area contributed by atoms with E-state index in [9.17, 15) is 0 Å². The maximum atomic E-state index is 2.42. The van der Waals surface area contributed by atoms with Gasteiger partial charge in [0.05, 0.1) is 0 Å². The number of nitrogens with zero attached hydrogens (tertiary/aromatic N) is 1. The molecule has 0 unspecified atom stereocenters. The fraction of sp³-hybridized carbons (Fsp3) is 0.867. The zero-order valence-corrected chi connectivity index (χ0v) is 12.9. The maximum Gasteiger partial charge on any atom is 0.0201 e. The summed E-state index contributed by atoms with van der Waals surface area (Å²) in [5, 5.41) is 0. The summed E-state index contributed by atoms with van der Waals surface area (Å²) in [4.78, 5) is 2.42. The van der Waals surface area contributed by atoms with E-state index in [-0.39, 0.29) is 0 Å². The van der Waals surface area contributed by atoms with E-state index in [0.717, 1.165) is 13.1 Å². The first-order valence-corrected chi connectivity index (χ1v) is 6.54. The monoisotopic (exact) mass is 225 g/mol. The number of hydrogen-bond donors (Lipinski definition) is 0. The first-order valence-electron chi connectivity index (χ1n) is 6.54. The lowest BCUT2D eigenvalue weighted by molar-refractivity contribution is 0.382. The highest BCUT2D eigenvalue weighted by Gasteiger charge is 2.33. The van der Waals surface area contributed by atoms with Crippen molar-refractivity contribution >= 4 is 0 Å². The normalized spacial score (nSPS) is 18.6. The van der Waals surface area contributed by atoms with Crippen molar-refractivity contribution in [3.05, 3.63) is 11.1 Å². The molecule has 0 amide bonds. The van der Waals surface area contributed by atoms with E-state index in [1.165, 1.54) is 0 Å². The van der Waals surface area contributed by atoms with Crippen LogP contribution in [0.4, 0.5) is 0 Å². The molecule has 16 heavy (non-hydrogen) atoms. The predicted molar refractivity (Wildman–Crippen MR) is 74.8 cm³/mol. The molecule has 0 aliphatic carbocycles. The second-order valence-electron chi connectivity index (χ2n) is 6.63. The van der Waals surface area contributed by atoms with E-state index < -0.39 is 0 Å². The van der Waals surface area contributed by atoms with Crippen LogP contribution >= 0.6 is 0 Å². The molecular weight excluding hydrogens is 194 g/mol. The maximum absolute atomic E-state index is 2.42. The number of hydrogen-bond acceptors (Lipinski definition) is 1. The summed E-state index contributed by atoms with van der Waals surface area (Å²) in [6.45, 7) is 20.3. The van der Waals surface area contributed by atoms with Crippen LogP contribution in [0.2, 0.25) is 0 Å². The summed E-state index contributed by atoms with van der Waals surface area (Å²) in [5.74, 6) is 0. The third-order valence-corrected chi connectivity index (χ3v) is 3.03. The summed E-state index contributed by atoms with van der Waals surface area (Å²) < 4.78 is 0. The minimum absolute atomic E-state index is 0.327. The third-order valence-electron chi connectivity index (χ3n) is 3.03. The van der Waals surface area contributed by atoms with E-state index in [0.29, 0.717) is 10.8 Å². The van der Waals surface area contributed by atoms with E-state index in [2.05, 4.69) is 53.5 Å². The molecule has 1 aliphatic rings. The molecule has 1 heteroatoms. The van der Waals surface area contributed by atoms with Crippen molar-refractivity contribution in [3.63, 3.8) is 0 Å². The molecule has 0 aromatic rings. The van der Waals surface area contributed by atoms with Gasteiger partial charge in [-0.3, -0.25) is 4.90 Å². The van der Waals surface area contributed by atoms with Gasteiger partial charge in [0, 0.05) is 13.1 Å². The molecule has 96 valence electrons. The van der Waals surface area contributed by atoms with Crippen LogP contribution in [0.25, 0.3) is 0 Å². The molecule has 0 aromatic carbocycles. The van der Waals surface area contributed by atoms with Gasteiger partial charge in [0.1, 0.15) is 0 Å². The smallest absolute Gasteiger partial charge is 0.0201 e. The Morgan fingerprint density at radius 3 is 1.19 bits per heavy atom. The zero-order valence-electron chi connectivity index (χ0n) is 12.9. The Hall–Kier alpha value is -0.300. The lowest BCUT2D eigenvalue weighted by Crippen LogP contribution is -2.19. The summed E-state index contributed by atoms with van der Waals surface area (Å²) in [7, 11) is 2.21. The Kier molecular flexibility index (Phi) is 5.25. The van der Waals surface area contributed by atoms with Crippen LogP contribution in [-0.2, 0) is 0 Å². The van der Waals surface area contributed by atoms with Crippen molar-refractivity contribution in [2.75, 3.05) is 20.1 Å². The minimum atomic E-state index is 0.327. The summed E-state index contributed by atoms with van der Waals surface area (Å²) in [6, 6.07) is 0. The Bertz CT molecular complexity index is 222. The van der Waals surface area contributed by atoms with Gasteiger partial charge < -0.3 is 0 Å². The predicted octanol–water partition coefficient (Wildman–Crippen LogP) is 4.35. The van der Waals surface area contributed by atoms with Crippen LogP contribution in [0.5, 0.6) is 0 Å². The molecule has 1 heterocycles. The van der Waals surface area contributed by atoms with Crippen molar-refractivity contribution < 1.29 is 0 Å². The molecule has 0 bridgehead atoms. The highest BCUT2D eigenvalue weighted by atomic mass is 15.1. The largest absolute Gasteiger partial charge is 0.298 e. The molecule has 0 N–H and O–H groups in total. The lowest BCUT2D eigenvalue weighted by Gasteiger charge is -2.28. The van der Waals surface area contributed by atoms with Gasteiger partial charge in [-0.15, -0.1) is 0 Å². The Morgan fingerprint density at radius 1 is 0.750 bits per heavy atom. The summed E-state index contributed by atoms with van der Waals surface area (Å²) in [6.07, 6.45) is 0. The van der Waals surface area contributed by atoms with Gasteiger partial charge in [0.2, 0.25) is 0 Å². The molecule has 1 aliphatic heterocycles. The number of likely N-dealkylation sites (N-methyl/N-ethyl adjacent to an activating group) is 1. The van der Waals surface area contributed by atoms with Crippen molar-refractivity contribution in [2.24, 2.45) is 10.8 Å². The Morgan fingerprint density at radius 2 is 1.00 bits per heavy atom. The van der Waals surface area contributed by atoms with E-state index in [4.69, 9.17) is 0 Å². The van der Waals surface area contributed by atoms with Gasteiger partial charge in [-0.1, -0.05) is 55.4 Å². The molecular formula is C15H31N.